The van der Waals surface area contributed by atoms with E-state index in [4.69, 9.17) is 6.42 Å². The van der Waals surface area contributed by atoms with Crippen LogP contribution in [0.4, 0.5) is 5.69 Å². The average Bonchev–Trinajstić information content (AvgIpc) is 2.94. The minimum absolute atomic E-state index is 0.197. The molecule has 2 amide bonds. The molecular weight excluding hydrogens is 542 g/mol. The van der Waals surface area contributed by atoms with E-state index >= 15 is 0 Å². The number of carboxylic acids is 2. The molecule has 3 aromatic rings. The molecule has 42 heavy (non-hydrogen) atoms. The summed E-state index contributed by atoms with van der Waals surface area (Å²) in [5, 5.41) is 24.0. The molecule has 1 heterocycles. The van der Waals surface area contributed by atoms with E-state index in [2.05, 4.69) is 26.5 Å². The van der Waals surface area contributed by atoms with Crippen LogP contribution in [-0.2, 0) is 20.9 Å². The highest BCUT2D eigenvalue weighted by Crippen LogP contribution is 2.20. The van der Waals surface area contributed by atoms with Gasteiger partial charge in [-0.1, -0.05) is 25.3 Å². The fourth-order valence-electron chi connectivity index (χ4n) is 4.38. The van der Waals surface area contributed by atoms with Gasteiger partial charge in [0.1, 0.15) is 17.9 Å². The second kappa shape index (κ2) is 14.5. The molecule has 220 valence electrons. The maximum absolute atomic E-state index is 12.8. The van der Waals surface area contributed by atoms with Gasteiger partial charge in [0, 0.05) is 24.2 Å². The van der Waals surface area contributed by atoms with Crippen molar-refractivity contribution in [2.45, 2.75) is 58.2 Å². The number of rotatable bonds is 14. The molecule has 0 aliphatic rings. The second-order valence-corrected chi connectivity index (χ2v) is 9.76. The van der Waals surface area contributed by atoms with Gasteiger partial charge in [0.15, 0.2) is 0 Å². The number of aromatic nitrogens is 2. The van der Waals surface area contributed by atoms with Crippen LogP contribution in [0, 0.1) is 19.3 Å². The number of hydrogen-bond acceptors (Lipinski definition) is 7. The van der Waals surface area contributed by atoms with Gasteiger partial charge in [-0.3, -0.25) is 14.4 Å². The number of fused-ring (bicyclic) bond motifs is 1. The summed E-state index contributed by atoms with van der Waals surface area (Å²) in [6.45, 7) is 4.12. The van der Waals surface area contributed by atoms with Crippen LogP contribution < -0.4 is 21.1 Å². The number of aliphatic carboxylic acids is 2. The fourth-order valence-corrected chi connectivity index (χ4v) is 4.38. The van der Waals surface area contributed by atoms with Gasteiger partial charge in [-0.2, -0.15) is 0 Å². The number of aromatic amines is 1. The number of nitrogens with one attached hydrogen (secondary N) is 3. The van der Waals surface area contributed by atoms with Crippen molar-refractivity contribution < 1.29 is 29.4 Å². The maximum atomic E-state index is 12.8. The lowest BCUT2D eigenvalue weighted by Crippen LogP contribution is -2.43. The Bertz CT molecular complexity index is 1560. The second-order valence-electron chi connectivity index (χ2n) is 9.76. The van der Waals surface area contributed by atoms with Crippen LogP contribution in [0.15, 0.2) is 47.3 Å². The zero-order valence-electron chi connectivity index (χ0n) is 23.3. The molecule has 0 bridgehead atoms. The van der Waals surface area contributed by atoms with Gasteiger partial charge in [0.2, 0.25) is 5.91 Å². The van der Waals surface area contributed by atoms with Crippen LogP contribution >= 0.6 is 0 Å². The van der Waals surface area contributed by atoms with Crippen molar-refractivity contribution in [2.24, 2.45) is 0 Å². The summed E-state index contributed by atoms with van der Waals surface area (Å²) < 4.78 is 0. The van der Waals surface area contributed by atoms with Crippen molar-refractivity contribution in [1.29, 1.82) is 0 Å². The Morgan fingerprint density at radius 2 is 1.69 bits per heavy atom. The molecule has 3 rings (SSSR count). The van der Waals surface area contributed by atoms with Crippen LogP contribution in [0.3, 0.4) is 0 Å². The van der Waals surface area contributed by atoms with E-state index in [9.17, 15) is 34.2 Å². The topological polar surface area (TPSA) is 182 Å². The van der Waals surface area contributed by atoms with E-state index in [0.717, 1.165) is 5.56 Å². The molecule has 12 nitrogen and oxygen atoms in total. The molecule has 0 saturated heterocycles. The predicted octanol–water partition coefficient (Wildman–Crippen LogP) is 2.20. The van der Waals surface area contributed by atoms with Gasteiger partial charge in [-0.05, 0) is 61.7 Å². The number of aryl methyl sites for hydroxylation is 1. The first-order chi connectivity index (χ1) is 20.0. The van der Waals surface area contributed by atoms with Crippen LogP contribution in [0.1, 0.15) is 54.4 Å². The third-order valence-electron chi connectivity index (χ3n) is 6.51. The summed E-state index contributed by atoms with van der Waals surface area (Å²) in [5.74, 6) is -0.630. The van der Waals surface area contributed by atoms with Crippen LogP contribution in [0.25, 0.3) is 10.9 Å². The molecular formula is C30H33N5O7. The van der Waals surface area contributed by atoms with Crippen LogP contribution in [0.5, 0.6) is 0 Å². The third-order valence-corrected chi connectivity index (χ3v) is 6.51. The van der Waals surface area contributed by atoms with E-state index in [-0.39, 0.29) is 36.9 Å². The number of anilines is 1. The zero-order chi connectivity index (χ0) is 30.8. The van der Waals surface area contributed by atoms with E-state index < -0.39 is 35.8 Å². The molecule has 0 saturated carbocycles. The lowest BCUT2D eigenvalue weighted by atomic mass is 10.1. The van der Waals surface area contributed by atoms with Crippen molar-refractivity contribution in [3.8, 4) is 12.3 Å². The van der Waals surface area contributed by atoms with Gasteiger partial charge >= 0.3 is 11.9 Å². The van der Waals surface area contributed by atoms with E-state index in [1.165, 1.54) is 12.1 Å². The van der Waals surface area contributed by atoms with Gasteiger partial charge in [0.25, 0.3) is 11.5 Å². The number of H-pyrrole nitrogens is 1. The van der Waals surface area contributed by atoms with Crippen molar-refractivity contribution in [3.63, 3.8) is 0 Å². The van der Waals surface area contributed by atoms with Gasteiger partial charge in [-0.15, -0.1) is 6.42 Å². The standard InChI is InChI=1S/C30H33N5O7/c1-4-6-24(29(39)40)33-26(36)14-13-25(30(41)42)34-27(37)20-8-10-21(11-9-20)35(15-5-2)17-19-7-12-23-22(16-19)28(38)32-18(3)31-23/h2,7-12,16,24-25H,4,6,13-15,17H2,1,3H3,(H,33,36)(H,34,37)(H,39,40)(H,41,42)(H,31,32,38)/t24-,25-/m1/s1. The average molecular weight is 576 g/mol. The summed E-state index contributed by atoms with van der Waals surface area (Å²) in [5.41, 5.74) is 2.07. The lowest BCUT2D eigenvalue weighted by molar-refractivity contribution is -0.142. The molecule has 12 heteroatoms. The summed E-state index contributed by atoms with van der Waals surface area (Å²) in [4.78, 5) is 69.2. The molecule has 0 aliphatic heterocycles. The Morgan fingerprint density at radius 1 is 1.02 bits per heavy atom. The van der Waals surface area contributed by atoms with Crippen molar-refractivity contribution in [2.75, 3.05) is 11.4 Å². The number of carboxylic acid groups (broad SMARTS) is 2. The van der Waals surface area contributed by atoms with Crippen LogP contribution in [0.2, 0.25) is 0 Å². The number of amides is 2. The smallest absolute Gasteiger partial charge is 0.326 e. The highest BCUT2D eigenvalue weighted by atomic mass is 16.4. The predicted molar refractivity (Wildman–Crippen MR) is 156 cm³/mol. The zero-order valence-corrected chi connectivity index (χ0v) is 23.3. The monoisotopic (exact) mass is 575 g/mol. The lowest BCUT2D eigenvalue weighted by Gasteiger charge is -2.23. The summed E-state index contributed by atoms with van der Waals surface area (Å²) in [6.07, 6.45) is 5.88. The van der Waals surface area contributed by atoms with Gasteiger partial charge in [0.05, 0.1) is 17.4 Å². The molecule has 5 N–H and O–H groups in total. The van der Waals surface area contributed by atoms with Crippen molar-refractivity contribution in [3.05, 3.63) is 69.8 Å². The van der Waals surface area contributed by atoms with Crippen LogP contribution in [-0.4, -0.2) is 62.6 Å². The largest absolute Gasteiger partial charge is 0.480 e. The first-order valence-corrected chi connectivity index (χ1v) is 13.4. The maximum Gasteiger partial charge on any atom is 0.326 e. The van der Waals surface area contributed by atoms with E-state index in [1.54, 1.807) is 38.1 Å². The SMILES string of the molecule is C#CCN(Cc1ccc2nc(C)[nH]c(=O)c2c1)c1ccc(C(=O)N[C@H](CCC(=O)N[C@H](CCC)C(=O)O)C(=O)O)cc1. The third kappa shape index (κ3) is 8.41. The molecule has 0 unspecified atom stereocenters. The molecule has 0 aliphatic carbocycles. The Labute approximate surface area is 242 Å². The number of terminal acetylenes is 1. The molecule has 2 aromatic carbocycles. The minimum Gasteiger partial charge on any atom is -0.480 e. The quantitative estimate of drug-likeness (QED) is 0.180. The minimum atomic E-state index is -1.36. The summed E-state index contributed by atoms with van der Waals surface area (Å²) >= 11 is 0. The number of carbonyl (C=O) groups excluding carboxylic acids is 2. The van der Waals surface area contributed by atoms with Gasteiger partial charge in [-0.25, -0.2) is 14.6 Å². The Hall–Kier alpha value is -5.18. The summed E-state index contributed by atoms with van der Waals surface area (Å²) in [6, 6.07) is 9.37. The number of nitrogens with zero attached hydrogens (tertiary/aromatic N) is 2. The van der Waals surface area contributed by atoms with E-state index in [0.29, 0.717) is 35.4 Å². The number of benzene rings is 2. The Kier molecular flexibility index (Phi) is 10.8. The van der Waals surface area contributed by atoms with Gasteiger partial charge < -0.3 is 30.7 Å². The molecule has 0 spiro atoms. The first kappa shape index (κ1) is 31.3. The fraction of sp³-hybridized carbons (Fsp3) is 0.333. The summed E-state index contributed by atoms with van der Waals surface area (Å²) in [7, 11) is 0. The number of hydrogen-bond donors (Lipinski definition) is 5. The van der Waals surface area contributed by atoms with E-state index in [1.807, 2.05) is 11.0 Å². The first-order valence-electron chi connectivity index (χ1n) is 13.4. The molecule has 0 radical (unpaired) electrons. The van der Waals surface area contributed by atoms with Crippen molar-refractivity contribution in [1.82, 2.24) is 20.6 Å². The normalized spacial score (nSPS) is 12.1. The van der Waals surface area contributed by atoms with Crippen molar-refractivity contribution >= 4 is 40.3 Å². The highest BCUT2D eigenvalue weighted by molar-refractivity contribution is 5.97. The number of carbonyl (C=O) groups is 4. The highest BCUT2D eigenvalue weighted by Gasteiger charge is 2.24. The Balaban J connectivity index is 1.66. The molecule has 2 atom stereocenters. The Morgan fingerprint density at radius 3 is 2.31 bits per heavy atom. The molecule has 1 aromatic heterocycles. The molecule has 0 fully saturated rings.